The zero-order valence-electron chi connectivity index (χ0n) is 5.85. The summed E-state index contributed by atoms with van der Waals surface area (Å²) in [5, 5.41) is 0.503. The number of hydrogen-bond acceptors (Lipinski definition) is 2. The van der Waals surface area contributed by atoms with Crippen LogP contribution in [0.1, 0.15) is 5.69 Å². The number of hydrogen-bond donors (Lipinski definition) is 1. The third-order valence-electron chi connectivity index (χ3n) is 1.21. The van der Waals surface area contributed by atoms with Crippen molar-refractivity contribution in [1.82, 2.24) is 4.98 Å². The lowest BCUT2D eigenvalue weighted by molar-refractivity contribution is 0.922. The fourth-order valence-corrected chi connectivity index (χ4v) is 1.63. The van der Waals surface area contributed by atoms with Crippen LogP contribution in [0.5, 0.6) is 0 Å². The molecule has 4 heteroatoms. The van der Waals surface area contributed by atoms with E-state index in [2.05, 4.69) is 20.9 Å². The summed E-state index contributed by atoms with van der Waals surface area (Å²) < 4.78 is 0.945. The van der Waals surface area contributed by atoms with Crippen molar-refractivity contribution in [3.63, 3.8) is 0 Å². The van der Waals surface area contributed by atoms with E-state index >= 15 is 0 Å². The van der Waals surface area contributed by atoms with Crippen LogP contribution in [0.15, 0.2) is 16.6 Å². The third-order valence-corrected chi connectivity index (χ3v) is 1.86. The molecule has 2 nitrogen and oxygen atoms in total. The molecule has 60 valence electrons. The van der Waals surface area contributed by atoms with Crippen LogP contribution < -0.4 is 5.73 Å². The fraction of sp³-hybridized carbons (Fsp3) is 0.286. The van der Waals surface area contributed by atoms with Gasteiger partial charge in [0.2, 0.25) is 0 Å². The maximum atomic E-state index is 5.70. The Hall–Kier alpha value is -0.120. The lowest BCUT2D eigenvalue weighted by Crippen LogP contribution is -2.04. The predicted octanol–water partition coefficient (Wildman–Crippen LogP) is 2.00. The highest BCUT2D eigenvalue weighted by molar-refractivity contribution is 9.10. The fourth-order valence-electron chi connectivity index (χ4n) is 0.792. The van der Waals surface area contributed by atoms with Crippen LogP contribution in [0.25, 0.3) is 0 Å². The molecule has 0 aliphatic heterocycles. The van der Waals surface area contributed by atoms with Crippen molar-refractivity contribution in [3.05, 3.63) is 27.5 Å². The molecule has 1 aromatic rings. The smallest absolute Gasteiger partial charge is 0.130 e. The van der Waals surface area contributed by atoms with Crippen molar-refractivity contribution in [2.45, 2.75) is 6.42 Å². The molecule has 1 aromatic heterocycles. The van der Waals surface area contributed by atoms with Gasteiger partial charge in [-0.1, -0.05) is 27.5 Å². The van der Waals surface area contributed by atoms with E-state index in [0.717, 1.165) is 16.6 Å². The second kappa shape index (κ2) is 4.04. The van der Waals surface area contributed by atoms with Gasteiger partial charge >= 0.3 is 0 Å². The highest BCUT2D eigenvalue weighted by Crippen LogP contribution is 2.15. The predicted molar refractivity (Wildman–Crippen MR) is 49.7 cm³/mol. The number of aromatic nitrogens is 1. The van der Waals surface area contributed by atoms with Crippen molar-refractivity contribution in [2.24, 2.45) is 5.73 Å². The number of nitrogens with zero attached hydrogens (tertiary/aromatic N) is 1. The summed E-state index contributed by atoms with van der Waals surface area (Å²) in [7, 11) is 0. The van der Waals surface area contributed by atoms with E-state index < -0.39 is 0 Å². The number of pyridine rings is 1. The monoisotopic (exact) mass is 234 g/mol. The van der Waals surface area contributed by atoms with E-state index in [9.17, 15) is 0 Å². The molecule has 11 heavy (non-hydrogen) atoms. The minimum atomic E-state index is 0.503. The summed E-state index contributed by atoms with van der Waals surface area (Å²) >= 11 is 9.02. The minimum absolute atomic E-state index is 0.503. The highest BCUT2D eigenvalue weighted by atomic mass is 79.9. The number of halogens is 2. The van der Waals surface area contributed by atoms with Crippen LogP contribution in [0.3, 0.4) is 0 Å². The molecule has 0 saturated heterocycles. The van der Waals surface area contributed by atoms with Crippen molar-refractivity contribution < 1.29 is 0 Å². The Morgan fingerprint density at radius 1 is 1.55 bits per heavy atom. The molecule has 0 aliphatic carbocycles. The van der Waals surface area contributed by atoms with Gasteiger partial charge in [-0.2, -0.15) is 0 Å². The molecule has 1 rings (SSSR count). The zero-order valence-corrected chi connectivity index (χ0v) is 8.19. The molecule has 0 saturated carbocycles. The highest BCUT2D eigenvalue weighted by Gasteiger charge is 1.97. The minimum Gasteiger partial charge on any atom is -0.330 e. The summed E-state index contributed by atoms with van der Waals surface area (Å²) in [6.07, 6.45) is 0.763. The first kappa shape index (κ1) is 8.97. The lowest BCUT2D eigenvalue weighted by atomic mass is 10.3. The van der Waals surface area contributed by atoms with E-state index in [1.807, 2.05) is 6.07 Å². The SMILES string of the molecule is NCCc1cc(Br)cc(Cl)n1. The van der Waals surface area contributed by atoms with Crippen LogP contribution in [-0.4, -0.2) is 11.5 Å². The standard InChI is InChI=1S/C7H8BrClN2/c8-5-3-6(1-2-10)11-7(9)4-5/h3-4H,1-2,10H2. The Balaban J connectivity index is 2.89. The first-order chi connectivity index (χ1) is 5.22. The first-order valence-corrected chi connectivity index (χ1v) is 4.41. The van der Waals surface area contributed by atoms with E-state index in [-0.39, 0.29) is 0 Å². The average Bonchev–Trinajstić information content (AvgIpc) is 1.85. The van der Waals surface area contributed by atoms with E-state index in [1.54, 1.807) is 6.07 Å². The molecular weight excluding hydrogens is 227 g/mol. The van der Waals surface area contributed by atoms with Crippen molar-refractivity contribution in [3.8, 4) is 0 Å². The largest absolute Gasteiger partial charge is 0.330 e. The van der Waals surface area contributed by atoms with Crippen LogP contribution in [0, 0.1) is 0 Å². The first-order valence-electron chi connectivity index (χ1n) is 3.24. The zero-order chi connectivity index (χ0) is 8.27. The Kier molecular flexibility index (Phi) is 3.30. The lowest BCUT2D eigenvalue weighted by Gasteiger charge is -1.98. The Morgan fingerprint density at radius 2 is 2.27 bits per heavy atom. The Labute approximate surface area is 78.9 Å². The molecule has 0 amide bonds. The van der Waals surface area contributed by atoms with Gasteiger partial charge in [0.1, 0.15) is 5.15 Å². The van der Waals surface area contributed by atoms with E-state index in [4.69, 9.17) is 17.3 Å². The summed E-state index contributed by atoms with van der Waals surface area (Å²) in [5.74, 6) is 0. The normalized spacial score (nSPS) is 10.1. The molecule has 0 atom stereocenters. The number of rotatable bonds is 2. The topological polar surface area (TPSA) is 38.9 Å². The van der Waals surface area contributed by atoms with Gasteiger partial charge in [0.15, 0.2) is 0 Å². The maximum Gasteiger partial charge on any atom is 0.130 e. The second-order valence-electron chi connectivity index (χ2n) is 2.14. The summed E-state index contributed by atoms with van der Waals surface area (Å²) in [6.45, 7) is 0.597. The van der Waals surface area contributed by atoms with Gasteiger partial charge < -0.3 is 5.73 Å². The van der Waals surface area contributed by atoms with Crippen LogP contribution in [0.2, 0.25) is 5.15 Å². The van der Waals surface area contributed by atoms with Crippen molar-refractivity contribution in [2.75, 3.05) is 6.54 Å². The van der Waals surface area contributed by atoms with Gasteiger partial charge in [-0.25, -0.2) is 4.98 Å². The summed E-state index contributed by atoms with van der Waals surface area (Å²) in [5.41, 5.74) is 6.29. The van der Waals surface area contributed by atoms with Gasteiger partial charge in [0, 0.05) is 16.6 Å². The molecule has 0 radical (unpaired) electrons. The molecule has 0 unspecified atom stereocenters. The quantitative estimate of drug-likeness (QED) is 0.797. The molecule has 0 bridgehead atoms. The third kappa shape index (κ3) is 2.77. The molecule has 0 fully saturated rings. The van der Waals surface area contributed by atoms with Gasteiger partial charge in [0.05, 0.1) is 0 Å². The van der Waals surface area contributed by atoms with Crippen molar-refractivity contribution in [1.29, 1.82) is 0 Å². The van der Waals surface area contributed by atoms with Crippen LogP contribution >= 0.6 is 27.5 Å². The van der Waals surface area contributed by atoms with Crippen LogP contribution in [-0.2, 0) is 6.42 Å². The maximum absolute atomic E-state index is 5.70. The summed E-state index contributed by atoms with van der Waals surface area (Å²) in [6, 6.07) is 3.67. The van der Waals surface area contributed by atoms with Gasteiger partial charge in [-0.3, -0.25) is 0 Å². The van der Waals surface area contributed by atoms with E-state index in [0.29, 0.717) is 11.7 Å². The summed E-state index contributed by atoms with van der Waals surface area (Å²) in [4.78, 5) is 4.08. The molecule has 0 spiro atoms. The Morgan fingerprint density at radius 3 is 2.82 bits per heavy atom. The second-order valence-corrected chi connectivity index (χ2v) is 3.44. The molecule has 0 aliphatic rings. The van der Waals surface area contributed by atoms with Crippen molar-refractivity contribution >= 4 is 27.5 Å². The molecule has 1 heterocycles. The van der Waals surface area contributed by atoms with Gasteiger partial charge in [-0.15, -0.1) is 0 Å². The van der Waals surface area contributed by atoms with E-state index in [1.165, 1.54) is 0 Å². The van der Waals surface area contributed by atoms with Gasteiger partial charge in [0.25, 0.3) is 0 Å². The number of nitrogens with two attached hydrogens (primary N) is 1. The molecule has 0 aromatic carbocycles. The molecular formula is C7H8BrClN2. The average molecular weight is 236 g/mol. The van der Waals surface area contributed by atoms with Gasteiger partial charge in [-0.05, 0) is 18.7 Å². The molecule has 2 N–H and O–H groups in total. The Bertz CT molecular complexity index is 232. The van der Waals surface area contributed by atoms with Crippen LogP contribution in [0.4, 0.5) is 0 Å².